The van der Waals surface area contributed by atoms with Crippen molar-refractivity contribution < 1.29 is 4.39 Å². The molecule has 1 rings (SSSR count). The molecule has 0 aliphatic rings. The molecule has 0 heterocycles. The highest BCUT2D eigenvalue weighted by atomic mass is 19.1. The van der Waals surface area contributed by atoms with E-state index in [9.17, 15) is 4.39 Å². The minimum atomic E-state index is -0.203. The number of aryl methyl sites for hydroxylation is 1. The molecule has 1 aromatic rings. The summed E-state index contributed by atoms with van der Waals surface area (Å²) in [6.07, 6.45) is 0. The Labute approximate surface area is 78.3 Å². The first kappa shape index (κ1) is 9.90. The predicted octanol–water partition coefficient (Wildman–Crippen LogP) is 2.96. The summed E-state index contributed by atoms with van der Waals surface area (Å²) in [7, 11) is 0. The number of aliphatic imine (C=N–C) groups is 1. The van der Waals surface area contributed by atoms with E-state index >= 15 is 0 Å². The van der Waals surface area contributed by atoms with Gasteiger partial charge in [0.2, 0.25) is 0 Å². The minimum absolute atomic E-state index is 0.203. The van der Waals surface area contributed by atoms with Crippen molar-refractivity contribution in [2.24, 2.45) is 4.99 Å². The molecule has 0 fully saturated rings. The maximum absolute atomic E-state index is 12.9. The van der Waals surface area contributed by atoms with Crippen LogP contribution in [-0.2, 0) is 0 Å². The number of hydrogen-bond donors (Lipinski definition) is 0. The van der Waals surface area contributed by atoms with Crippen LogP contribution in [0.1, 0.15) is 25.0 Å². The first-order valence-corrected chi connectivity index (χ1v) is 4.42. The topological polar surface area (TPSA) is 12.4 Å². The van der Waals surface area contributed by atoms with E-state index in [1.54, 1.807) is 6.07 Å². The van der Waals surface area contributed by atoms with Crippen LogP contribution in [-0.4, -0.2) is 12.3 Å². The number of hydrogen-bond acceptors (Lipinski definition) is 1. The predicted molar refractivity (Wildman–Crippen MR) is 53.9 cm³/mol. The average Bonchev–Trinajstić information content (AvgIpc) is 2.09. The zero-order valence-electron chi connectivity index (χ0n) is 8.26. The van der Waals surface area contributed by atoms with Crippen molar-refractivity contribution in [2.75, 3.05) is 6.54 Å². The normalized spacial score (nSPS) is 11.8. The fraction of sp³-hybridized carbons (Fsp3) is 0.364. The SMILES string of the molecule is CCN=C(C)c1cc(F)ccc1C. The highest BCUT2D eigenvalue weighted by molar-refractivity contribution is 5.99. The van der Waals surface area contributed by atoms with Crippen molar-refractivity contribution in [3.05, 3.63) is 35.1 Å². The van der Waals surface area contributed by atoms with Crippen molar-refractivity contribution in [3.63, 3.8) is 0 Å². The molecule has 0 bridgehead atoms. The fourth-order valence-electron chi connectivity index (χ4n) is 1.31. The van der Waals surface area contributed by atoms with Crippen molar-refractivity contribution >= 4 is 5.71 Å². The largest absolute Gasteiger partial charge is 0.290 e. The summed E-state index contributed by atoms with van der Waals surface area (Å²) in [5.41, 5.74) is 2.87. The zero-order chi connectivity index (χ0) is 9.84. The van der Waals surface area contributed by atoms with Crippen LogP contribution in [0.2, 0.25) is 0 Å². The molecule has 0 atom stereocenters. The van der Waals surface area contributed by atoms with Gasteiger partial charge < -0.3 is 0 Å². The van der Waals surface area contributed by atoms with E-state index in [-0.39, 0.29) is 5.82 Å². The second-order valence-corrected chi connectivity index (χ2v) is 3.02. The highest BCUT2D eigenvalue weighted by Crippen LogP contribution is 2.11. The molecule has 2 heteroatoms. The molecule has 13 heavy (non-hydrogen) atoms. The van der Waals surface area contributed by atoms with E-state index in [0.29, 0.717) is 0 Å². The lowest BCUT2D eigenvalue weighted by Crippen LogP contribution is -1.99. The van der Waals surface area contributed by atoms with Gasteiger partial charge in [-0.05, 0) is 38.5 Å². The Kier molecular flexibility index (Phi) is 3.18. The summed E-state index contributed by atoms with van der Waals surface area (Å²) in [4.78, 5) is 4.25. The number of halogens is 1. The molecular weight excluding hydrogens is 165 g/mol. The Bertz CT molecular complexity index is 329. The van der Waals surface area contributed by atoms with Crippen LogP contribution in [0.25, 0.3) is 0 Å². The zero-order valence-corrected chi connectivity index (χ0v) is 8.26. The van der Waals surface area contributed by atoms with E-state index in [1.807, 2.05) is 20.8 Å². The first-order valence-electron chi connectivity index (χ1n) is 4.42. The van der Waals surface area contributed by atoms with E-state index < -0.39 is 0 Å². The molecule has 1 aromatic carbocycles. The molecular formula is C11H14FN. The molecule has 0 aromatic heterocycles. The van der Waals surface area contributed by atoms with E-state index in [4.69, 9.17) is 0 Å². The summed E-state index contributed by atoms with van der Waals surface area (Å²) >= 11 is 0. The van der Waals surface area contributed by atoms with Gasteiger partial charge in [0.1, 0.15) is 5.82 Å². The smallest absolute Gasteiger partial charge is 0.123 e. The van der Waals surface area contributed by atoms with Crippen molar-refractivity contribution in [1.82, 2.24) is 0 Å². The van der Waals surface area contributed by atoms with Gasteiger partial charge in [0, 0.05) is 17.8 Å². The van der Waals surface area contributed by atoms with Crippen molar-refractivity contribution in [2.45, 2.75) is 20.8 Å². The van der Waals surface area contributed by atoms with Gasteiger partial charge in [0.15, 0.2) is 0 Å². The quantitative estimate of drug-likeness (QED) is 0.619. The van der Waals surface area contributed by atoms with Crippen molar-refractivity contribution in [3.8, 4) is 0 Å². The molecule has 0 aliphatic heterocycles. The molecule has 0 saturated heterocycles. The van der Waals surface area contributed by atoms with Gasteiger partial charge in [0.05, 0.1) is 0 Å². The van der Waals surface area contributed by atoms with Crippen molar-refractivity contribution in [1.29, 1.82) is 0 Å². The van der Waals surface area contributed by atoms with Crippen LogP contribution < -0.4 is 0 Å². The van der Waals surface area contributed by atoms with E-state index in [1.165, 1.54) is 12.1 Å². The molecule has 0 unspecified atom stereocenters. The van der Waals surface area contributed by atoms with Gasteiger partial charge in [-0.2, -0.15) is 0 Å². The standard InChI is InChI=1S/C11H14FN/c1-4-13-9(3)11-7-10(12)6-5-8(11)2/h5-7H,4H2,1-3H3. The van der Waals surface area contributed by atoms with E-state index in [0.717, 1.165) is 23.4 Å². The second kappa shape index (κ2) is 4.17. The fourth-order valence-corrected chi connectivity index (χ4v) is 1.31. The lowest BCUT2D eigenvalue weighted by molar-refractivity contribution is 0.627. The maximum Gasteiger partial charge on any atom is 0.123 e. The summed E-state index contributed by atoms with van der Waals surface area (Å²) in [5.74, 6) is -0.203. The van der Waals surface area contributed by atoms with Crippen LogP contribution in [0.4, 0.5) is 4.39 Å². The van der Waals surface area contributed by atoms with Crippen LogP contribution in [0.3, 0.4) is 0 Å². The summed E-state index contributed by atoms with van der Waals surface area (Å²) in [6.45, 7) is 6.58. The highest BCUT2D eigenvalue weighted by Gasteiger charge is 2.02. The molecule has 0 spiro atoms. The number of nitrogens with zero attached hydrogens (tertiary/aromatic N) is 1. The average molecular weight is 179 g/mol. The lowest BCUT2D eigenvalue weighted by Gasteiger charge is -2.04. The monoisotopic (exact) mass is 179 g/mol. The molecule has 0 amide bonds. The number of rotatable bonds is 2. The minimum Gasteiger partial charge on any atom is -0.290 e. The Morgan fingerprint density at radius 1 is 1.46 bits per heavy atom. The molecule has 0 N–H and O–H groups in total. The third-order valence-electron chi connectivity index (χ3n) is 1.98. The molecule has 0 aliphatic carbocycles. The second-order valence-electron chi connectivity index (χ2n) is 3.02. The van der Waals surface area contributed by atoms with Crippen LogP contribution in [0.15, 0.2) is 23.2 Å². The van der Waals surface area contributed by atoms with Gasteiger partial charge in [-0.15, -0.1) is 0 Å². The molecule has 0 saturated carbocycles. The molecule has 70 valence electrons. The molecule has 0 radical (unpaired) electrons. The summed E-state index contributed by atoms with van der Waals surface area (Å²) in [6, 6.07) is 4.78. The van der Waals surface area contributed by atoms with Gasteiger partial charge in [-0.25, -0.2) is 4.39 Å². The number of benzene rings is 1. The van der Waals surface area contributed by atoms with Gasteiger partial charge in [-0.3, -0.25) is 4.99 Å². The Morgan fingerprint density at radius 2 is 2.15 bits per heavy atom. The lowest BCUT2D eigenvalue weighted by atomic mass is 10.1. The summed E-state index contributed by atoms with van der Waals surface area (Å²) in [5, 5.41) is 0. The Hall–Kier alpha value is -1.18. The summed E-state index contributed by atoms with van der Waals surface area (Å²) < 4.78 is 12.9. The Morgan fingerprint density at radius 3 is 2.77 bits per heavy atom. The van der Waals surface area contributed by atoms with E-state index in [2.05, 4.69) is 4.99 Å². The van der Waals surface area contributed by atoms with Crippen LogP contribution in [0, 0.1) is 12.7 Å². The first-order chi connectivity index (χ1) is 6.15. The van der Waals surface area contributed by atoms with Crippen LogP contribution in [0.5, 0.6) is 0 Å². The van der Waals surface area contributed by atoms with Crippen LogP contribution >= 0.6 is 0 Å². The third kappa shape index (κ3) is 2.38. The molecule has 1 nitrogen and oxygen atoms in total. The van der Waals surface area contributed by atoms with Gasteiger partial charge in [0.25, 0.3) is 0 Å². The van der Waals surface area contributed by atoms with Gasteiger partial charge >= 0.3 is 0 Å². The maximum atomic E-state index is 12.9. The van der Waals surface area contributed by atoms with Gasteiger partial charge in [-0.1, -0.05) is 6.07 Å². The Balaban J connectivity index is 3.13. The third-order valence-corrected chi connectivity index (χ3v) is 1.98.